The molecule has 1 atom stereocenters. The number of aryl methyl sites for hydroxylation is 1. The molecule has 138 valence electrons. The van der Waals surface area contributed by atoms with Gasteiger partial charge in [-0.05, 0) is 54.1 Å². The molecule has 26 heavy (non-hydrogen) atoms. The Balaban J connectivity index is 1.81. The first-order valence-corrected chi connectivity index (χ1v) is 11.4. The molecule has 1 aliphatic rings. The largest absolute Gasteiger partial charge is 0.330 e. The summed E-state index contributed by atoms with van der Waals surface area (Å²) in [6.07, 6.45) is 3.74. The summed E-state index contributed by atoms with van der Waals surface area (Å²) in [6.45, 7) is 2.44. The molecule has 1 aromatic carbocycles. The van der Waals surface area contributed by atoms with Crippen molar-refractivity contribution in [2.24, 2.45) is 0 Å². The van der Waals surface area contributed by atoms with E-state index in [2.05, 4.69) is 0 Å². The van der Waals surface area contributed by atoms with Gasteiger partial charge in [-0.15, -0.1) is 11.3 Å². The molecule has 0 aliphatic carbocycles. The number of rotatable bonds is 5. The molecular formula is C19H20ClNO3S2. The fraction of sp³-hybridized carbons (Fsp3) is 0.316. The highest BCUT2D eigenvalue weighted by atomic mass is 35.5. The monoisotopic (exact) mass is 409 g/mol. The molecule has 7 heteroatoms. The molecule has 0 bridgehead atoms. The maximum Gasteiger partial charge on any atom is 0.247 e. The van der Waals surface area contributed by atoms with Gasteiger partial charge in [0.1, 0.15) is 0 Å². The number of amides is 1. The van der Waals surface area contributed by atoms with Gasteiger partial charge in [-0.25, -0.2) is 8.42 Å². The van der Waals surface area contributed by atoms with E-state index in [0.29, 0.717) is 18.0 Å². The van der Waals surface area contributed by atoms with E-state index in [1.807, 2.05) is 30.5 Å². The number of thiophene rings is 1. The van der Waals surface area contributed by atoms with Crippen LogP contribution in [0.5, 0.6) is 0 Å². The van der Waals surface area contributed by atoms with Crippen LogP contribution in [-0.4, -0.2) is 36.8 Å². The van der Waals surface area contributed by atoms with E-state index in [9.17, 15) is 13.2 Å². The van der Waals surface area contributed by atoms with E-state index in [1.165, 1.54) is 6.08 Å². The van der Waals surface area contributed by atoms with Crippen LogP contribution in [0.1, 0.15) is 22.4 Å². The smallest absolute Gasteiger partial charge is 0.247 e. The van der Waals surface area contributed by atoms with Gasteiger partial charge in [0, 0.05) is 22.0 Å². The summed E-state index contributed by atoms with van der Waals surface area (Å²) < 4.78 is 23.8. The Hall–Kier alpha value is -1.63. The first-order valence-electron chi connectivity index (χ1n) is 8.32. The maximum atomic E-state index is 12.8. The third-order valence-corrected chi connectivity index (χ3v) is 7.51. The number of hydrogen-bond donors (Lipinski definition) is 0. The first kappa shape index (κ1) is 19.1. The standard InChI is InChI=1S/C19H20ClNO3S2/c1-14-8-10-25-18(14)12-21(17-9-11-26(23,24)13-17)19(22)7-4-15-2-5-16(20)6-3-15/h2-8,10,17H,9,11-13H2,1H3/b7-4+/t17-/m1/s1. The van der Waals surface area contributed by atoms with E-state index in [0.717, 1.165) is 16.0 Å². The van der Waals surface area contributed by atoms with Crippen molar-refractivity contribution in [3.63, 3.8) is 0 Å². The first-order chi connectivity index (χ1) is 12.3. The molecule has 0 unspecified atom stereocenters. The zero-order valence-corrected chi connectivity index (χ0v) is 16.8. The van der Waals surface area contributed by atoms with Crippen LogP contribution in [0, 0.1) is 6.92 Å². The molecule has 0 radical (unpaired) electrons. The number of benzene rings is 1. The maximum absolute atomic E-state index is 12.8. The van der Waals surface area contributed by atoms with E-state index in [1.54, 1.807) is 34.4 Å². The van der Waals surface area contributed by atoms with Crippen LogP contribution in [0.4, 0.5) is 0 Å². The van der Waals surface area contributed by atoms with Gasteiger partial charge in [0.15, 0.2) is 9.84 Å². The fourth-order valence-corrected chi connectivity index (χ4v) is 5.73. The second-order valence-corrected chi connectivity index (χ2v) is 10.1. The predicted octanol–water partition coefficient (Wildman–Crippen LogP) is 3.94. The summed E-state index contributed by atoms with van der Waals surface area (Å²) in [6, 6.07) is 8.94. The predicted molar refractivity (Wildman–Crippen MR) is 107 cm³/mol. The molecule has 1 amide bonds. The van der Waals surface area contributed by atoms with Crippen LogP contribution < -0.4 is 0 Å². The van der Waals surface area contributed by atoms with Crippen molar-refractivity contribution in [1.82, 2.24) is 4.90 Å². The van der Waals surface area contributed by atoms with Gasteiger partial charge in [-0.1, -0.05) is 23.7 Å². The Labute approximate surface area is 163 Å². The Kier molecular flexibility index (Phi) is 5.85. The quantitative estimate of drug-likeness (QED) is 0.703. The average molecular weight is 410 g/mol. The molecule has 1 aliphatic heterocycles. The van der Waals surface area contributed by atoms with Gasteiger partial charge in [-0.3, -0.25) is 4.79 Å². The van der Waals surface area contributed by atoms with Crippen LogP contribution >= 0.6 is 22.9 Å². The summed E-state index contributed by atoms with van der Waals surface area (Å²) in [7, 11) is -3.06. The molecule has 3 rings (SSSR count). The van der Waals surface area contributed by atoms with Crippen molar-refractivity contribution < 1.29 is 13.2 Å². The van der Waals surface area contributed by atoms with Gasteiger partial charge >= 0.3 is 0 Å². The normalized spacial score (nSPS) is 19.1. The van der Waals surface area contributed by atoms with Gasteiger partial charge < -0.3 is 4.90 Å². The highest BCUT2D eigenvalue weighted by Gasteiger charge is 2.34. The Morgan fingerprint density at radius 3 is 2.62 bits per heavy atom. The summed E-state index contributed by atoms with van der Waals surface area (Å²) in [5.74, 6) is 0.0128. The molecule has 1 saturated heterocycles. The Bertz CT molecular complexity index is 917. The summed E-state index contributed by atoms with van der Waals surface area (Å²) in [5.41, 5.74) is 1.99. The number of hydrogen-bond acceptors (Lipinski definition) is 4. The highest BCUT2D eigenvalue weighted by molar-refractivity contribution is 7.91. The van der Waals surface area contributed by atoms with Crippen LogP contribution in [0.25, 0.3) is 6.08 Å². The minimum Gasteiger partial charge on any atom is -0.330 e. The third-order valence-electron chi connectivity index (χ3n) is 4.50. The van der Waals surface area contributed by atoms with E-state index < -0.39 is 9.84 Å². The average Bonchev–Trinajstić information content (AvgIpc) is 3.16. The SMILES string of the molecule is Cc1ccsc1CN(C(=O)/C=C/c1ccc(Cl)cc1)[C@@H]1CCS(=O)(=O)C1. The number of nitrogens with zero attached hydrogens (tertiary/aromatic N) is 1. The van der Waals surface area contributed by atoms with Crippen molar-refractivity contribution in [1.29, 1.82) is 0 Å². The molecule has 2 aromatic rings. The summed E-state index contributed by atoms with van der Waals surface area (Å²) in [4.78, 5) is 15.6. The van der Waals surface area contributed by atoms with Crippen molar-refractivity contribution in [2.45, 2.75) is 25.9 Å². The van der Waals surface area contributed by atoms with Crippen LogP contribution in [0.2, 0.25) is 5.02 Å². The van der Waals surface area contributed by atoms with E-state index >= 15 is 0 Å². The second-order valence-electron chi connectivity index (χ2n) is 6.43. The Morgan fingerprint density at radius 2 is 2.04 bits per heavy atom. The van der Waals surface area contributed by atoms with Gasteiger partial charge in [0.2, 0.25) is 5.91 Å². The number of carbonyl (C=O) groups is 1. The molecule has 0 saturated carbocycles. The molecule has 1 fully saturated rings. The molecule has 1 aromatic heterocycles. The molecule has 4 nitrogen and oxygen atoms in total. The summed E-state index contributed by atoms with van der Waals surface area (Å²) in [5, 5.41) is 2.63. The van der Waals surface area contributed by atoms with E-state index in [4.69, 9.17) is 11.6 Å². The van der Waals surface area contributed by atoms with Crippen molar-refractivity contribution in [2.75, 3.05) is 11.5 Å². The fourth-order valence-electron chi connectivity index (χ4n) is 2.97. The van der Waals surface area contributed by atoms with Gasteiger partial charge in [0.25, 0.3) is 0 Å². The van der Waals surface area contributed by atoms with Crippen LogP contribution in [0.15, 0.2) is 41.8 Å². The lowest BCUT2D eigenvalue weighted by Gasteiger charge is -2.27. The van der Waals surface area contributed by atoms with Gasteiger partial charge in [-0.2, -0.15) is 0 Å². The molecule has 2 heterocycles. The zero-order valence-electron chi connectivity index (χ0n) is 14.4. The highest BCUT2D eigenvalue weighted by Crippen LogP contribution is 2.24. The van der Waals surface area contributed by atoms with Crippen molar-refractivity contribution >= 4 is 44.8 Å². The lowest BCUT2D eigenvalue weighted by molar-refractivity contribution is -0.128. The van der Waals surface area contributed by atoms with Crippen molar-refractivity contribution in [3.8, 4) is 0 Å². The van der Waals surface area contributed by atoms with Gasteiger partial charge in [0.05, 0.1) is 18.1 Å². The number of carbonyl (C=O) groups excluding carboxylic acids is 1. The minimum absolute atomic E-state index is 0.0396. The van der Waals surface area contributed by atoms with E-state index in [-0.39, 0.29) is 23.5 Å². The number of halogens is 1. The Morgan fingerprint density at radius 1 is 1.31 bits per heavy atom. The molecule has 0 N–H and O–H groups in total. The third kappa shape index (κ3) is 4.75. The van der Waals surface area contributed by atoms with Crippen LogP contribution in [-0.2, 0) is 21.2 Å². The number of sulfone groups is 1. The second kappa shape index (κ2) is 7.94. The minimum atomic E-state index is -3.06. The summed E-state index contributed by atoms with van der Waals surface area (Å²) >= 11 is 7.46. The topological polar surface area (TPSA) is 54.5 Å². The molecular weight excluding hydrogens is 390 g/mol. The lowest BCUT2D eigenvalue weighted by Crippen LogP contribution is -2.39. The van der Waals surface area contributed by atoms with Crippen molar-refractivity contribution in [3.05, 3.63) is 62.8 Å². The lowest BCUT2D eigenvalue weighted by atomic mass is 10.1. The zero-order chi connectivity index (χ0) is 18.7. The van der Waals surface area contributed by atoms with Crippen LogP contribution in [0.3, 0.4) is 0 Å². The molecule has 0 spiro atoms.